The predicted molar refractivity (Wildman–Crippen MR) is 79.8 cm³/mol. The Morgan fingerprint density at radius 2 is 2.15 bits per heavy atom. The summed E-state index contributed by atoms with van der Waals surface area (Å²) in [4.78, 5) is 13.6. The largest absolute Gasteiger partial charge is 0.370 e. The van der Waals surface area contributed by atoms with Gasteiger partial charge in [0.25, 0.3) is 0 Å². The van der Waals surface area contributed by atoms with Gasteiger partial charge in [-0.05, 0) is 33.6 Å². The molecule has 5 heteroatoms. The summed E-state index contributed by atoms with van der Waals surface area (Å²) in [6.45, 7) is 7.23. The van der Waals surface area contributed by atoms with E-state index in [1.54, 1.807) is 0 Å². The van der Waals surface area contributed by atoms with Crippen LogP contribution in [0.2, 0.25) is 0 Å². The first kappa shape index (κ1) is 13.1. The Morgan fingerprint density at radius 3 is 2.80 bits per heavy atom. The van der Waals surface area contributed by atoms with Crippen LogP contribution in [0.25, 0.3) is 11.5 Å². The van der Waals surface area contributed by atoms with Gasteiger partial charge in [0.1, 0.15) is 11.5 Å². The Morgan fingerprint density at radius 1 is 1.35 bits per heavy atom. The monoisotopic (exact) mass is 271 g/mol. The molecule has 0 atom stereocenters. The van der Waals surface area contributed by atoms with Crippen LogP contribution in [0, 0.1) is 0 Å². The van der Waals surface area contributed by atoms with Crippen molar-refractivity contribution >= 4 is 5.82 Å². The van der Waals surface area contributed by atoms with E-state index in [0.717, 1.165) is 29.6 Å². The van der Waals surface area contributed by atoms with Gasteiger partial charge in [0.05, 0.1) is 12.5 Å². The summed E-state index contributed by atoms with van der Waals surface area (Å²) in [5, 5.41) is 3.30. The quantitative estimate of drug-likeness (QED) is 0.907. The fourth-order valence-electron chi connectivity index (χ4n) is 2.33. The molecule has 1 N–H and O–H groups in total. The van der Waals surface area contributed by atoms with Gasteiger partial charge in [-0.25, -0.2) is 15.0 Å². The van der Waals surface area contributed by atoms with Crippen molar-refractivity contribution in [1.82, 2.24) is 19.5 Å². The van der Waals surface area contributed by atoms with Gasteiger partial charge in [-0.1, -0.05) is 0 Å². The molecule has 0 aromatic carbocycles. The molecule has 20 heavy (non-hydrogen) atoms. The molecule has 1 aliphatic rings. The van der Waals surface area contributed by atoms with Crippen LogP contribution >= 0.6 is 0 Å². The minimum atomic E-state index is 0.350. The molecular formula is C15H21N5. The van der Waals surface area contributed by atoms with E-state index in [0.29, 0.717) is 12.0 Å². The topological polar surface area (TPSA) is 55.6 Å². The van der Waals surface area contributed by atoms with Crippen LogP contribution in [0.1, 0.15) is 51.3 Å². The van der Waals surface area contributed by atoms with Crippen LogP contribution in [-0.2, 0) is 0 Å². The maximum Gasteiger partial charge on any atom is 0.180 e. The normalized spacial score (nSPS) is 14.8. The van der Waals surface area contributed by atoms with Crippen LogP contribution in [-0.4, -0.2) is 26.1 Å². The van der Waals surface area contributed by atoms with Gasteiger partial charge in [-0.15, -0.1) is 0 Å². The van der Waals surface area contributed by atoms with E-state index in [1.807, 2.05) is 12.5 Å². The minimum absolute atomic E-state index is 0.350. The summed E-state index contributed by atoms with van der Waals surface area (Å²) in [5.74, 6) is 2.30. The van der Waals surface area contributed by atoms with Crippen molar-refractivity contribution in [1.29, 1.82) is 0 Å². The lowest BCUT2D eigenvalue weighted by Gasteiger charge is -2.13. The molecule has 0 radical (unpaired) electrons. The lowest BCUT2D eigenvalue weighted by Crippen LogP contribution is -2.07. The van der Waals surface area contributed by atoms with E-state index < -0.39 is 0 Å². The number of hydrogen-bond donors (Lipinski definition) is 1. The third-order valence-corrected chi connectivity index (χ3v) is 3.55. The lowest BCUT2D eigenvalue weighted by molar-refractivity contribution is 0.603. The zero-order valence-corrected chi connectivity index (χ0v) is 12.3. The van der Waals surface area contributed by atoms with Crippen LogP contribution in [0.4, 0.5) is 5.82 Å². The Labute approximate surface area is 119 Å². The zero-order valence-electron chi connectivity index (χ0n) is 12.3. The van der Waals surface area contributed by atoms with Gasteiger partial charge in [0, 0.05) is 30.3 Å². The van der Waals surface area contributed by atoms with Crippen molar-refractivity contribution in [2.24, 2.45) is 0 Å². The summed E-state index contributed by atoms with van der Waals surface area (Å²) < 4.78 is 2.11. The summed E-state index contributed by atoms with van der Waals surface area (Å²) in [6, 6.07) is 2.43. The second-order valence-electron chi connectivity index (χ2n) is 5.59. The Kier molecular flexibility index (Phi) is 3.42. The van der Waals surface area contributed by atoms with E-state index in [2.05, 4.69) is 46.7 Å². The number of anilines is 1. The Hall–Kier alpha value is -1.91. The molecule has 3 rings (SSSR count). The first-order valence-electron chi connectivity index (χ1n) is 7.34. The van der Waals surface area contributed by atoms with Gasteiger partial charge >= 0.3 is 0 Å². The van der Waals surface area contributed by atoms with E-state index in [-0.39, 0.29) is 0 Å². The molecule has 0 unspecified atom stereocenters. The standard InChI is InChI=1S/C15H21N5/c1-4-17-14-7-12(11-5-6-11)18-15(19-14)13-8-16-9-20(13)10(2)3/h7-11H,4-6H2,1-3H3,(H,17,18,19). The van der Waals surface area contributed by atoms with Crippen molar-refractivity contribution in [2.75, 3.05) is 11.9 Å². The molecule has 0 spiro atoms. The average molecular weight is 271 g/mol. The highest BCUT2D eigenvalue weighted by molar-refractivity contribution is 5.53. The average Bonchev–Trinajstić information content (AvgIpc) is 3.15. The third kappa shape index (κ3) is 2.53. The molecule has 106 valence electrons. The highest BCUT2D eigenvalue weighted by Gasteiger charge is 2.26. The molecule has 1 aliphatic carbocycles. The van der Waals surface area contributed by atoms with Gasteiger partial charge in [-0.2, -0.15) is 0 Å². The number of imidazole rings is 1. The number of nitrogens with zero attached hydrogens (tertiary/aromatic N) is 4. The molecule has 0 saturated heterocycles. The second-order valence-corrected chi connectivity index (χ2v) is 5.59. The summed E-state index contributed by atoms with van der Waals surface area (Å²) in [6.07, 6.45) is 6.18. The highest BCUT2D eigenvalue weighted by Crippen LogP contribution is 2.40. The van der Waals surface area contributed by atoms with Crippen LogP contribution < -0.4 is 5.32 Å². The Bertz CT molecular complexity index is 598. The van der Waals surface area contributed by atoms with Gasteiger partial charge in [0.15, 0.2) is 5.82 Å². The van der Waals surface area contributed by atoms with Gasteiger partial charge in [-0.3, -0.25) is 0 Å². The first-order valence-corrected chi connectivity index (χ1v) is 7.34. The molecule has 5 nitrogen and oxygen atoms in total. The number of nitrogens with one attached hydrogen (secondary N) is 1. The highest BCUT2D eigenvalue weighted by atomic mass is 15.1. The maximum absolute atomic E-state index is 4.75. The third-order valence-electron chi connectivity index (χ3n) is 3.55. The molecule has 0 amide bonds. The van der Waals surface area contributed by atoms with Crippen molar-refractivity contribution in [3.05, 3.63) is 24.3 Å². The smallest absolute Gasteiger partial charge is 0.180 e. The van der Waals surface area contributed by atoms with Crippen molar-refractivity contribution in [2.45, 2.75) is 45.6 Å². The Balaban J connectivity index is 2.04. The number of rotatable bonds is 5. The molecule has 0 aliphatic heterocycles. The minimum Gasteiger partial charge on any atom is -0.370 e. The van der Waals surface area contributed by atoms with E-state index in [1.165, 1.54) is 12.8 Å². The summed E-state index contributed by atoms with van der Waals surface area (Å²) in [7, 11) is 0. The molecular weight excluding hydrogens is 250 g/mol. The molecule has 1 saturated carbocycles. The predicted octanol–water partition coefficient (Wildman–Crippen LogP) is 3.23. The fraction of sp³-hybridized carbons (Fsp3) is 0.533. The van der Waals surface area contributed by atoms with Crippen molar-refractivity contribution in [3.63, 3.8) is 0 Å². The van der Waals surface area contributed by atoms with E-state index in [9.17, 15) is 0 Å². The van der Waals surface area contributed by atoms with E-state index in [4.69, 9.17) is 4.98 Å². The van der Waals surface area contributed by atoms with Crippen molar-refractivity contribution < 1.29 is 0 Å². The first-order chi connectivity index (χ1) is 9.69. The zero-order chi connectivity index (χ0) is 14.1. The SMILES string of the molecule is CCNc1cc(C2CC2)nc(-c2cncn2C(C)C)n1. The van der Waals surface area contributed by atoms with Crippen molar-refractivity contribution in [3.8, 4) is 11.5 Å². The van der Waals surface area contributed by atoms with E-state index >= 15 is 0 Å². The molecule has 0 bridgehead atoms. The maximum atomic E-state index is 4.75. The second kappa shape index (κ2) is 5.23. The van der Waals surface area contributed by atoms with Crippen LogP contribution in [0.5, 0.6) is 0 Å². The number of hydrogen-bond acceptors (Lipinski definition) is 4. The molecule has 2 aromatic heterocycles. The molecule has 2 aromatic rings. The van der Waals surface area contributed by atoms with Crippen LogP contribution in [0.15, 0.2) is 18.6 Å². The molecule has 2 heterocycles. The molecule has 1 fully saturated rings. The fourth-order valence-corrected chi connectivity index (χ4v) is 2.33. The van der Waals surface area contributed by atoms with Gasteiger partial charge < -0.3 is 9.88 Å². The van der Waals surface area contributed by atoms with Gasteiger partial charge in [0.2, 0.25) is 0 Å². The summed E-state index contributed by atoms with van der Waals surface area (Å²) in [5.41, 5.74) is 2.14. The lowest BCUT2D eigenvalue weighted by atomic mass is 10.2. The number of aromatic nitrogens is 4. The van der Waals surface area contributed by atoms with Crippen LogP contribution in [0.3, 0.4) is 0 Å². The summed E-state index contributed by atoms with van der Waals surface area (Å²) >= 11 is 0.